The van der Waals surface area contributed by atoms with Crippen LogP contribution in [0.4, 0.5) is 26.3 Å². The maximum Gasteiger partial charge on any atom is 0.345 e. The summed E-state index contributed by atoms with van der Waals surface area (Å²) in [5.41, 5.74) is -1.19. The fraction of sp³-hybridized carbons (Fsp3) is 0.815. The van der Waals surface area contributed by atoms with Crippen LogP contribution in [0.15, 0.2) is 0 Å². The molecule has 2 rings (SSSR count). The maximum absolute atomic E-state index is 13.2. The lowest BCUT2D eigenvalue weighted by Crippen LogP contribution is -2.61. The molecule has 0 aromatic heterocycles. The molecular formula is C27H41F6N5O10. The van der Waals surface area contributed by atoms with E-state index in [2.05, 4.69) is 24.8 Å². The molecule has 0 radical (unpaired) electrons. The summed E-state index contributed by atoms with van der Waals surface area (Å²) in [6.07, 6.45) is 0.0974. The summed E-state index contributed by atoms with van der Waals surface area (Å²) in [7, 11) is 0. The van der Waals surface area contributed by atoms with Gasteiger partial charge in [-0.2, -0.15) is 26.3 Å². The highest BCUT2D eigenvalue weighted by Crippen LogP contribution is 2.29. The number of Topliss-reactive ketones (excluding diaryl/α,β-unsaturated/α-hetero) is 1. The minimum Gasteiger partial charge on any atom is -0.379 e. The molecule has 0 spiro atoms. The Morgan fingerprint density at radius 3 is 1.48 bits per heavy atom. The standard InChI is InChI=1S/C27H41F6N5O10/c1-14(2)8-15(20(40)27(3)13-48-27)35-22(42)17(11-46-25(30)31)37-23(43)18(12-47-26(32)33)36-21(41)16(10-45-24(28)29)34-19(39)9-38-4-6-44-7-5-38/h14-18,24-26H,4-13H2,1-3H3,(H,34,39)(H,35,42)(H,36,41)(H,37,43)/t15-,16-,17-,18-,27-/m0/s1. The molecule has 4 N–H and O–H groups in total. The van der Waals surface area contributed by atoms with Gasteiger partial charge in [0.15, 0.2) is 5.78 Å². The largest absolute Gasteiger partial charge is 0.379 e. The number of epoxide rings is 1. The Hall–Kier alpha value is -3.11. The van der Waals surface area contributed by atoms with Gasteiger partial charge in [-0.3, -0.25) is 28.9 Å². The molecule has 0 unspecified atom stereocenters. The van der Waals surface area contributed by atoms with Gasteiger partial charge in [-0.05, 0) is 19.3 Å². The van der Waals surface area contributed by atoms with Crippen molar-refractivity contribution in [1.29, 1.82) is 0 Å². The minimum absolute atomic E-state index is 0.0769. The van der Waals surface area contributed by atoms with Crippen molar-refractivity contribution >= 4 is 29.4 Å². The third kappa shape index (κ3) is 15.0. The topological polar surface area (TPSA) is 186 Å². The molecule has 2 fully saturated rings. The van der Waals surface area contributed by atoms with Gasteiger partial charge in [0.1, 0.15) is 23.7 Å². The van der Waals surface area contributed by atoms with Gasteiger partial charge in [-0.1, -0.05) is 13.8 Å². The first-order valence-corrected chi connectivity index (χ1v) is 14.9. The Morgan fingerprint density at radius 1 is 0.708 bits per heavy atom. The molecule has 0 saturated carbocycles. The molecule has 4 amide bonds. The fourth-order valence-corrected chi connectivity index (χ4v) is 4.40. The molecule has 0 aromatic rings. The van der Waals surface area contributed by atoms with E-state index in [-0.39, 0.29) is 25.5 Å². The molecule has 48 heavy (non-hydrogen) atoms. The molecule has 0 bridgehead atoms. The third-order valence-corrected chi connectivity index (χ3v) is 6.99. The van der Waals surface area contributed by atoms with E-state index in [0.29, 0.717) is 26.3 Å². The molecule has 5 atom stereocenters. The van der Waals surface area contributed by atoms with E-state index >= 15 is 0 Å². The highest BCUT2D eigenvalue weighted by molar-refractivity contribution is 5.98. The number of amides is 4. The van der Waals surface area contributed by atoms with Crippen LogP contribution in [0.3, 0.4) is 0 Å². The van der Waals surface area contributed by atoms with Gasteiger partial charge in [0.25, 0.3) is 0 Å². The molecular weight excluding hydrogens is 668 g/mol. The number of carbonyl (C=O) groups excluding carboxylic acids is 5. The van der Waals surface area contributed by atoms with Crippen LogP contribution in [0.2, 0.25) is 0 Å². The SMILES string of the molecule is CC(C)C[C@H](NC(=O)[C@H](COC(F)F)NC(=O)[C@H](COC(F)F)NC(=O)[C@H](COC(F)F)NC(=O)CN1CCOCC1)C(=O)[C@]1(C)CO1. The Labute approximate surface area is 272 Å². The van der Waals surface area contributed by atoms with Crippen molar-refractivity contribution in [3.8, 4) is 0 Å². The fourth-order valence-electron chi connectivity index (χ4n) is 4.40. The molecule has 0 aliphatic carbocycles. The minimum atomic E-state index is -3.47. The number of hydrogen-bond donors (Lipinski definition) is 4. The van der Waals surface area contributed by atoms with E-state index in [4.69, 9.17) is 9.47 Å². The molecule has 21 heteroatoms. The zero-order valence-electron chi connectivity index (χ0n) is 26.5. The zero-order valence-corrected chi connectivity index (χ0v) is 26.5. The van der Waals surface area contributed by atoms with Crippen LogP contribution in [0, 0.1) is 5.92 Å². The number of ether oxygens (including phenoxy) is 5. The van der Waals surface area contributed by atoms with Crippen molar-refractivity contribution in [2.45, 2.75) is 76.8 Å². The number of morpholine rings is 1. The number of halogens is 6. The van der Waals surface area contributed by atoms with Crippen molar-refractivity contribution in [3.05, 3.63) is 0 Å². The number of nitrogens with one attached hydrogen (secondary N) is 4. The van der Waals surface area contributed by atoms with Crippen LogP contribution in [0.1, 0.15) is 27.2 Å². The van der Waals surface area contributed by atoms with Crippen LogP contribution in [-0.4, -0.2) is 143 Å². The second-order valence-electron chi connectivity index (χ2n) is 11.5. The van der Waals surface area contributed by atoms with E-state index in [1.54, 1.807) is 18.7 Å². The van der Waals surface area contributed by atoms with Crippen molar-refractivity contribution in [3.63, 3.8) is 0 Å². The molecule has 2 aliphatic heterocycles. The van der Waals surface area contributed by atoms with Gasteiger partial charge >= 0.3 is 19.8 Å². The summed E-state index contributed by atoms with van der Waals surface area (Å²) in [5.74, 6) is -5.43. The van der Waals surface area contributed by atoms with Crippen LogP contribution < -0.4 is 21.3 Å². The monoisotopic (exact) mass is 709 g/mol. The van der Waals surface area contributed by atoms with Crippen LogP contribution >= 0.6 is 0 Å². The number of alkyl halides is 6. The van der Waals surface area contributed by atoms with Crippen molar-refractivity contribution in [2.75, 3.05) is 59.3 Å². The summed E-state index contributed by atoms with van der Waals surface area (Å²) in [6.45, 7) is -7.69. The normalized spacial score (nSPS) is 20.7. The van der Waals surface area contributed by atoms with Gasteiger partial charge in [0.05, 0.1) is 52.2 Å². The first-order chi connectivity index (χ1) is 22.5. The van der Waals surface area contributed by atoms with Crippen LogP contribution in [-0.2, 0) is 47.7 Å². The Kier molecular flexibility index (Phi) is 16.9. The molecule has 0 aromatic carbocycles. The second-order valence-corrected chi connectivity index (χ2v) is 11.5. The van der Waals surface area contributed by atoms with Crippen LogP contribution in [0.5, 0.6) is 0 Å². The molecule has 2 heterocycles. The van der Waals surface area contributed by atoms with Gasteiger partial charge in [0.2, 0.25) is 23.6 Å². The number of carbonyl (C=O) groups is 5. The molecule has 15 nitrogen and oxygen atoms in total. The lowest BCUT2D eigenvalue weighted by Gasteiger charge is -2.28. The van der Waals surface area contributed by atoms with E-state index < -0.39 is 98.8 Å². The predicted molar refractivity (Wildman–Crippen MR) is 150 cm³/mol. The summed E-state index contributed by atoms with van der Waals surface area (Å²) in [5, 5.41) is 8.47. The lowest BCUT2D eigenvalue weighted by molar-refractivity contribution is -0.156. The predicted octanol–water partition coefficient (Wildman–Crippen LogP) is -0.620. The summed E-state index contributed by atoms with van der Waals surface area (Å²) >= 11 is 0. The van der Waals surface area contributed by atoms with E-state index in [0.717, 1.165) is 0 Å². The molecule has 2 saturated heterocycles. The lowest BCUT2D eigenvalue weighted by atomic mass is 9.93. The third-order valence-electron chi connectivity index (χ3n) is 6.99. The van der Waals surface area contributed by atoms with Crippen LogP contribution in [0.25, 0.3) is 0 Å². The highest BCUT2D eigenvalue weighted by Gasteiger charge is 2.50. The van der Waals surface area contributed by atoms with E-state index in [9.17, 15) is 50.3 Å². The van der Waals surface area contributed by atoms with E-state index in [1.165, 1.54) is 6.92 Å². The van der Waals surface area contributed by atoms with Gasteiger partial charge < -0.3 is 45.0 Å². The van der Waals surface area contributed by atoms with Gasteiger partial charge in [-0.25, -0.2) is 0 Å². The molecule has 2 aliphatic rings. The first kappa shape index (κ1) is 41.1. The number of hydrogen-bond acceptors (Lipinski definition) is 11. The molecule has 276 valence electrons. The number of nitrogens with zero attached hydrogens (tertiary/aromatic N) is 1. The number of rotatable bonds is 22. The highest BCUT2D eigenvalue weighted by atomic mass is 19.3. The van der Waals surface area contributed by atoms with Gasteiger partial charge in [0, 0.05) is 13.1 Å². The Morgan fingerprint density at radius 2 is 1.10 bits per heavy atom. The van der Waals surface area contributed by atoms with E-state index in [1.807, 2.05) is 10.6 Å². The Balaban J connectivity index is 2.22. The van der Waals surface area contributed by atoms with Crippen molar-refractivity contribution in [2.24, 2.45) is 5.92 Å². The summed E-state index contributed by atoms with van der Waals surface area (Å²) < 4.78 is 100. The quantitative estimate of drug-likeness (QED) is 0.0830. The second kappa shape index (κ2) is 19.8. The average molecular weight is 710 g/mol. The smallest absolute Gasteiger partial charge is 0.345 e. The zero-order chi connectivity index (χ0) is 36.0. The first-order valence-electron chi connectivity index (χ1n) is 14.9. The summed E-state index contributed by atoms with van der Waals surface area (Å²) in [4.78, 5) is 66.5. The van der Waals surface area contributed by atoms with Crippen molar-refractivity contribution in [1.82, 2.24) is 26.2 Å². The maximum atomic E-state index is 13.2. The Bertz CT molecular complexity index is 1080. The average Bonchev–Trinajstić information content (AvgIpc) is 3.76. The number of ketones is 1. The van der Waals surface area contributed by atoms with Crippen molar-refractivity contribution < 1.29 is 74.0 Å². The van der Waals surface area contributed by atoms with Gasteiger partial charge in [-0.15, -0.1) is 0 Å². The summed E-state index contributed by atoms with van der Waals surface area (Å²) in [6, 6.07) is -7.10.